The van der Waals surface area contributed by atoms with Gasteiger partial charge >= 0.3 is 0 Å². The molecule has 0 atom stereocenters. The van der Waals surface area contributed by atoms with Crippen molar-refractivity contribution in [2.24, 2.45) is 0 Å². The summed E-state index contributed by atoms with van der Waals surface area (Å²) < 4.78 is 0. The van der Waals surface area contributed by atoms with E-state index in [1.165, 1.54) is 0 Å². The molecule has 1 heterocycles. The van der Waals surface area contributed by atoms with Crippen molar-refractivity contribution in [1.82, 2.24) is 10.3 Å². The van der Waals surface area contributed by atoms with E-state index in [9.17, 15) is 4.79 Å². The van der Waals surface area contributed by atoms with Gasteiger partial charge in [-0.15, -0.1) is 0 Å². The molecule has 0 saturated heterocycles. The number of aromatic nitrogens is 1. The van der Waals surface area contributed by atoms with Gasteiger partial charge in [0.1, 0.15) is 0 Å². The molecule has 1 aromatic heterocycles. The minimum atomic E-state index is -0.0603. The van der Waals surface area contributed by atoms with Crippen LogP contribution in [-0.4, -0.2) is 24.5 Å². The summed E-state index contributed by atoms with van der Waals surface area (Å²) in [7, 11) is 1.73. The molecule has 1 rings (SSSR count). The summed E-state index contributed by atoms with van der Waals surface area (Å²) in [5.41, 5.74) is 1.77. The van der Waals surface area contributed by atoms with Crippen molar-refractivity contribution >= 4 is 11.6 Å². The Morgan fingerprint density at radius 3 is 2.92 bits per heavy atom. The zero-order valence-electron chi connectivity index (χ0n) is 7.79. The fourth-order valence-corrected chi connectivity index (χ4v) is 0.989. The quantitative estimate of drug-likeness (QED) is 0.712. The van der Waals surface area contributed by atoms with Gasteiger partial charge in [0.05, 0.1) is 18.4 Å². The van der Waals surface area contributed by atoms with Crippen molar-refractivity contribution in [2.75, 3.05) is 18.9 Å². The molecular formula is C9H13N3O. The zero-order valence-corrected chi connectivity index (χ0v) is 7.79. The van der Waals surface area contributed by atoms with E-state index in [-0.39, 0.29) is 5.91 Å². The largest absolute Gasteiger partial charge is 0.324 e. The van der Waals surface area contributed by atoms with E-state index in [1.54, 1.807) is 19.4 Å². The predicted octanol–water partition coefficient (Wildman–Crippen LogP) is 0.548. The summed E-state index contributed by atoms with van der Waals surface area (Å²) >= 11 is 0. The average molecular weight is 179 g/mol. The summed E-state index contributed by atoms with van der Waals surface area (Å²) in [4.78, 5) is 15.1. The number of anilines is 1. The summed E-state index contributed by atoms with van der Waals surface area (Å²) in [6.45, 7) is 2.24. The van der Waals surface area contributed by atoms with Crippen LogP contribution in [-0.2, 0) is 4.79 Å². The van der Waals surface area contributed by atoms with Crippen LogP contribution >= 0.6 is 0 Å². The highest BCUT2D eigenvalue weighted by Crippen LogP contribution is 2.06. The first kappa shape index (κ1) is 9.67. The van der Waals surface area contributed by atoms with Gasteiger partial charge < -0.3 is 10.6 Å². The number of hydrogen-bond acceptors (Lipinski definition) is 3. The molecule has 0 bridgehead atoms. The Balaban J connectivity index is 2.58. The number of likely N-dealkylation sites (N-methyl/N-ethyl adjacent to an activating group) is 1. The van der Waals surface area contributed by atoms with Gasteiger partial charge in [0.15, 0.2) is 0 Å². The standard InChI is InChI=1S/C9H13N3O/c1-7-3-8(5-11-4-7)12-9(13)6-10-2/h3-5,10H,6H2,1-2H3,(H,12,13). The minimum Gasteiger partial charge on any atom is -0.324 e. The van der Waals surface area contributed by atoms with Gasteiger partial charge in [-0.1, -0.05) is 0 Å². The summed E-state index contributed by atoms with van der Waals surface area (Å²) in [6, 6.07) is 1.88. The Morgan fingerprint density at radius 2 is 2.31 bits per heavy atom. The second-order valence-corrected chi connectivity index (χ2v) is 2.83. The Kier molecular flexibility index (Phi) is 3.40. The lowest BCUT2D eigenvalue weighted by Crippen LogP contribution is -2.25. The van der Waals surface area contributed by atoms with Crippen LogP contribution in [0.1, 0.15) is 5.56 Å². The molecule has 0 aliphatic carbocycles. The minimum absolute atomic E-state index is 0.0603. The van der Waals surface area contributed by atoms with E-state index in [2.05, 4.69) is 15.6 Å². The number of carbonyl (C=O) groups is 1. The van der Waals surface area contributed by atoms with Crippen molar-refractivity contribution < 1.29 is 4.79 Å². The molecule has 70 valence electrons. The summed E-state index contributed by atoms with van der Waals surface area (Å²) in [6.07, 6.45) is 3.37. The molecule has 4 nitrogen and oxygen atoms in total. The van der Waals surface area contributed by atoms with E-state index in [0.29, 0.717) is 6.54 Å². The molecule has 4 heteroatoms. The van der Waals surface area contributed by atoms with Crippen LogP contribution in [0.5, 0.6) is 0 Å². The Hall–Kier alpha value is -1.42. The second-order valence-electron chi connectivity index (χ2n) is 2.83. The summed E-state index contributed by atoms with van der Waals surface area (Å²) in [5, 5.41) is 5.49. The highest BCUT2D eigenvalue weighted by atomic mass is 16.1. The molecule has 0 fully saturated rings. The van der Waals surface area contributed by atoms with Gasteiger partial charge in [0, 0.05) is 6.20 Å². The van der Waals surface area contributed by atoms with E-state index in [0.717, 1.165) is 11.3 Å². The number of hydrogen-bond donors (Lipinski definition) is 2. The molecule has 0 radical (unpaired) electrons. The lowest BCUT2D eigenvalue weighted by Gasteiger charge is -2.04. The molecular weight excluding hydrogens is 166 g/mol. The van der Waals surface area contributed by atoms with Crippen LogP contribution in [0.15, 0.2) is 18.5 Å². The highest BCUT2D eigenvalue weighted by Gasteiger charge is 1.99. The molecule has 1 amide bonds. The van der Waals surface area contributed by atoms with E-state index >= 15 is 0 Å². The van der Waals surface area contributed by atoms with Crippen LogP contribution in [0, 0.1) is 6.92 Å². The van der Waals surface area contributed by atoms with Crippen LogP contribution < -0.4 is 10.6 Å². The Labute approximate surface area is 77.4 Å². The lowest BCUT2D eigenvalue weighted by atomic mass is 10.3. The number of nitrogens with one attached hydrogen (secondary N) is 2. The first-order valence-corrected chi connectivity index (χ1v) is 4.08. The number of aryl methyl sites for hydroxylation is 1. The molecule has 0 saturated carbocycles. The van der Waals surface area contributed by atoms with Crippen molar-refractivity contribution in [2.45, 2.75) is 6.92 Å². The first-order chi connectivity index (χ1) is 6.22. The normalized spacial score (nSPS) is 9.69. The predicted molar refractivity (Wildman–Crippen MR) is 51.5 cm³/mol. The third-order valence-electron chi connectivity index (χ3n) is 1.50. The molecule has 2 N–H and O–H groups in total. The Morgan fingerprint density at radius 1 is 1.54 bits per heavy atom. The molecule has 0 aliphatic heterocycles. The molecule has 0 aromatic carbocycles. The van der Waals surface area contributed by atoms with E-state index in [1.807, 2.05) is 13.0 Å². The van der Waals surface area contributed by atoms with Gasteiger partial charge in [-0.3, -0.25) is 9.78 Å². The number of pyridine rings is 1. The molecule has 13 heavy (non-hydrogen) atoms. The van der Waals surface area contributed by atoms with Gasteiger partial charge in [0.2, 0.25) is 5.91 Å². The molecule has 0 aliphatic rings. The van der Waals surface area contributed by atoms with Crippen LogP contribution in [0.3, 0.4) is 0 Å². The molecule has 1 aromatic rings. The van der Waals surface area contributed by atoms with Crippen molar-refractivity contribution in [3.63, 3.8) is 0 Å². The smallest absolute Gasteiger partial charge is 0.238 e. The van der Waals surface area contributed by atoms with Crippen molar-refractivity contribution in [3.8, 4) is 0 Å². The number of amides is 1. The van der Waals surface area contributed by atoms with Crippen molar-refractivity contribution in [3.05, 3.63) is 24.0 Å². The van der Waals surface area contributed by atoms with Crippen LogP contribution in [0.25, 0.3) is 0 Å². The van der Waals surface area contributed by atoms with Gasteiger partial charge in [-0.05, 0) is 25.6 Å². The van der Waals surface area contributed by atoms with Crippen molar-refractivity contribution in [1.29, 1.82) is 0 Å². The maximum Gasteiger partial charge on any atom is 0.238 e. The second kappa shape index (κ2) is 4.57. The van der Waals surface area contributed by atoms with Crippen LogP contribution in [0.2, 0.25) is 0 Å². The van der Waals surface area contributed by atoms with Gasteiger partial charge in [-0.2, -0.15) is 0 Å². The average Bonchev–Trinajstić information content (AvgIpc) is 2.04. The topological polar surface area (TPSA) is 54.0 Å². The molecule has 0 spiro atoms. The highest BCUT2D eigenvalue weighted by molar-refractivity contribution is 5.92. The molecule has 0 unspecified atom stereocenters. The van der Waals surface area contributed by atoms with Gasteiger partial charge in [0.25, 0.3) is 0 Å². The Bertz CT molecular complexity index is 299. The number of nitrogens with zero attached hydrogens (tertiary/aromatic N) is 1. The maximum absolute atomic E-state index is 11.1. The fourth-order valence-electron chi connectivity index (χ4n) is 0.989. The lowest BCUT2D eigenvalue weighted by molar-refractivity contribution is -0.115. The van der Waals surface area contributed by atoms with Gasteiger partial charge in [-0.25, -0.2) is 0 Å². The SMILES string of the molecule is CNCC(=O)Nc1cncc(C)c1. The number of carbonyl (C=O) groups excluding carboxylic acids is 1. The van der Waals surface area contributed by atoms with Crippen LogP contribution in [0.4, 0.5) is 5.69 Å². The zero-order chi connectivity index (χ0) is 9.68. The first-order valence-electron chi connectivity index (χ1n) is 4.08. The van der Waals surface area contributed by atoms with E-state index < -0.39 is 0 Å². The summed E-state index contributed by atoms with van der Waals surface area (Å²) in [5.74, 6) is -0.0603. The third-order valence-corrected chi connectivity index (χ3v) is 1.50. The number of rotatable bonds is 3. The third kappa shape index (κ3) is 3.21. The fraction of sp³-hybridized carbons (Fsp3) is 0.333. The monoisotopic (exact) mass is 179 g/mol. The van der Waals surface area contributed by atoms with E-state index in [4.69, 9.17) is 0 Å². The maximum atomic E-state index is 11.1.